The molecule has 0 bridgehead atoms. The third-order valence-corrected chi connectivity index (χ3v) is 4.47. The number of hydrogen-bond donors (Lipinski definition) is 1. The first-order chi connectivity index (χ1) is 6.95. The molecule has 3 aliphatic heterocycles. The van der Waals surface area contributed by atoms with Gasteiger partial charge in [-0.2, -0.15) is 0 Å². The molecule has 0 aromatic heterocycles. The molecule has 86 valence electrons. The maximum Gasteiger partial charge on any atom is 0.152 e. The maximum absolute atomic E-state index is 6.04. The average Bonchev–Trinajstić information content (AvgIpc) is 2.55. The van der Waals surface area contributed by atoms with E-state index in [1.54, 1.807) is 0 Å². The lowest BCUT2D eigenvalue weighted by molar-refractivity contribution is -0.140. The van der Waals surface area contributed by atoms with Gasteiger partial charge in [-0.25, -0.2) is 0 Å². The van der Waals surface area contributed by atoms with Crippen LogP contribution in [-0.2, 0) is 9.47 Å². The lowest BCUT2D eigenvalue weighted by atomic mass is 9.71. The van der Waals surface area contributed by atoms with E-state index in [9.17, 15) is 0 Å². The van der Waals surface area contributed by atoms with Crippen molar-refractivity contribution in [1.29, 1.82) is 0 Å². The standard InChI is InChI=1S/C12H21NO2/c1-7-8-5-14-10-9(11(2,3)4)6-15-12(8,10)13-7/h7-10,13H,5-6H2,1-4H3. The van der Waals surface area contributed by atoms with Crippen LogP contribution in [0.3, 0.4) is 0 Å². The summed E-state index contributed by atoms with van der Waals surface area (Å²) in [6.45, 7) is 10.8. The summed E-state index contributed by atoms with van der Waals surface area (Å²) in [5.74, 6) is 1.08. The summed E-state index contributed by atoms with van der Waals surface area (Å²) in [5, 5.41) is 3.53. The molecule has 3 aliphatic rings. The fourth-order valence-electron chi connectivity index (χ4n) is 3.40. The number of ether oxygens (including phenoxy) is 2. The van der Waals surface area contributed by atoms with Crippen LogP contribution in [0.1, 0.15) is 27.7 Å². The van der Waals surface area contributed by atoms with Crippen LogP contribution in [0.5, 0.6) is 0 Å². The largest absolute Gasteiger partial charge is 0.373 e. The Labute approximate surface area is 91.5 Å². The highest BCUT2D eigenvalue weighted by Gasteiger charge is 2.68. The van der Waals surface area contributed by atoms with Gasteiger partial charge in [-0.05, 0) is 12.3 Å². The van der Waals surface area contributed by atoms with Crippen LogP contribution in [0.15, 0.2) is 0 Å². The minimum Gasteiger partial charge on any atom is -0.373 e. The summed E-state index contributed by atoms with van der Waals surface area (Å²) >= 11 is 0. The summed E-state index contributed by atoms with van der Waals surface area (Å²) < 4.78 is 12.0. The van der Waals surface area contributed by atoms with Gasteiger partial charge in [0, 0.05) is 17.9 Å². The molecule has 3 heterocycles. The third-order valence-electron chi connectivity index (χ3n) is 4.47. The monoisotopic (exact) mass is 211 g/mol. The summed E-state index contributed by atoms with van der Waals surface area (Å²) in [6.07, 6.45) is 0.263. The Morgan fingerprint density at radius 2 is 2.00 bits per heavy atom. The van der Waals surface area contributed by atoms with Crippen LogP contribution in [0.2, 0.25) is 0 Å². The molecule has 1 spiro atoms. The summed E-state index contributed by atoms with van der Waals surface area (Å²) in [4.78, 5) is 0. The van der Waals surface area contributed by atoms with E-state index in [1.807, 2.05) is 0 Å². The minimum absolute atomic E-state index is 0.128. The number of rotatable bonds is 0. The molecule has 1 N–H and O–H groups in total. The molecule has 0 radical (unpaired) electrons. The molecule has 0 saturated carbocycles. The highest BCUT2D eigenvalue weighted by atomic mass is 16.6. The van der Waals surface area contributed by atoms with Gasteiger partial charge in [-0.1, -0.05) is 20.8 Å². The highest BCUT2D eigenvalue weighted by molar-refractivity contribution is 5.16. The highest BCUT2D eigenvalue weighted by Crippen LogP contribution is 2.53. The molecule has 3 saturated heterocycles. The zero-order valence-corrected chi connectivity index (χ0v) is 10.0. The van der Waals surface area contributed by atoms with E-state index in [0.29, 0.717) is 17.9 Å². The average molecular weight is 211 g/mol. The van der Waals surface area contributed by atoms with Crippen molar-refractivity contribution in [3.05, 3.63) is 0 Å². The Hall–Kier alpha value is -0.120. The van der Waals surface area contributed by atoms with Gasteiger partial charge in [0.15, 0.2) is 5.72 Å². The van der Waals surface area contributed by atoms with Crippen molar-refractivity contribution in [2.75, 3.05) is 13.2 Å². The zero-order valence-electron chi connectivity index (χ0n) is 10.0. The molecule has 3 nitrogen and oxygen atoms in total. The van der Waals surface area contributed by atoms with Crippen molar-refractivity contribution >= 4 is 0 Å². The fourth-order valence-corrected chi connectivity index (χ4v) is 3.40. The van der Waals surface area contributed by atoms with Gasteiger partial charge in [0.05, 0.1) is 13.2 Å². The predicted octanol–water partition coefficient (Wildman–Crippen LogP) is 1.38. The first-order valence-corrected chi connectivity index (χ1v) is 5.98. The second kappa shape index (κ2) is 2.76. The number of nitrogens with one attached hydrogen (secondary N) is 1. The molecule has 0 aliphatic carbocycles. The molecule has 5 unspecified atom stereocenters. The molecule has 3 fully saturated rings. The van der Waals surface area contributed by atoms with Gasteiger partial charge in [0.1, 0.15) is 6.10 Å². The molecular formula is C12H21NO2. The van der Waals surface area contributed by atoms with Gasteiger partial charge in [-0.15, -0.1) is 0 Å². The predicted molar refractivity (Wildman–Crippen MR) is 57.5 cm³/mol. The Balaban J connectivity index is 1.86. The summed E-state index contributed by atoms with van der Waals surface area (Å²) in [7, 11) is 0. The van der Waals surface area contributed by atoms with Crippen molar-refractivity contribution < 1.29 is 9.47 Å². The Kier molecular flexibility index (Phi) is 1.85. The van der Waals surface area contributed by atoms with Crippen LogP contribution in [0.25, 0.3) is 0 Å². The summed E-state index contributed by atoms with van der Waals surface area (Å²) in [6, 6.07) is 0.550. The van der Waals surface area contributed by atoms with Crippen molar-refractivity contribution in [3.63, 3.8) is 0 Å². The molecule has 15 heavy (non-hydrogen) atoms. The van der Waals surface area contributed by atoms with E-state index in [-0.39, 0.29) is 17.2 Å². The Morgan fingerprint density at radius 1 is 1.27 bits per heavy atom. The molecular weight excluding hydrogens is 190 g/mol. The third kappa shape index (κ3) is 1.12. The summed E-state index contributed by atoms with van der Waals surface area (Å²) in [5.41, 5.74) is 0.140. The molecule has 0 amide bonds. The lowest BCUT2D eigenvalue weighted by Crippen LogP contribution is -2.72. The SMILES string of the molecule is CC1NC23OCC(C(C)(C)C)C2OCC13. The van der Waals surface area contributed by atoms with Crippen LogP contribution >= 0.6 is 0 Å². The van der Waals surface area contributed by atoms with E-state index >= 15 is 0 Å². The van der Waals surface area contributed by atoms with Crippen LogP contribution < -0.4 is 5.32 Å². The van der Waals surface area contributed by atoms with Gasteiger partial charge < -0.3 is 9.47 Å². The zero-order chi connectivity index (χ0) is 10.8. The quantitative estimate of drug-likeness (QED) is 0.656. The number of hydrogen-bond acceptors (Lipinski definition) is 3. The van der Waals surface area contributed by atoms with Gasteiger partial charge in [-0.3, -0.25) is 5.32 Å². The van der Waals surface area contributed by atoms with Crippen LogP contribution in [0.4, 0.5) is 0 Å². The van der Waals surface area contributed by atoms with Crippen LogP contribution in [0, 0.1) is 17.3 Å². The topological polar surface area (TPSA) is 30.5 Å². The van der Waals surface area contributed by atoms with Gasteiger partial charge in [0.2, 0.25) is 0 Å². The smallest absolute Gasteiger partial charge is 0.152 e. The van der Waals surface area contributed by atoms with Crippen molar-refractivity contribution in [2.24, 2.45) is 17.3 Å². The Morgan fingerprint density at radius 3 is 2.60 bits per heavy atom. The van der Waals surface area contributed by atoms with Crippen molar-refractivity contribution in [3.8, 4) is 0 Å². The van der Waals surface area contributed by atoms with E-state index in [4.69, 9.17) is 9.47 Å². The molecule has 3 heteroatoms. The lowest BCUT2D eigenvalue weighted by Gasteiger charge is -2.49. The van der Waals surface area contributed by atoms with E-state index in [0.717, 1.165) is 13.2 Å². The molecule has 0 aromatic rings. The van der Waals surface area contributed by atoms with Crippen LogP contribution in [-0.4, -0.2) is 31.1 Å². The van der Waals surface area contributed by atoms with Crippen molar-refractivity contribution in [1.82, 2.24) is 5.32 Å². The normalized spacial score (nSPS) is 53.6. The minimum atomic E-state index is -0.128. The first kappa shape index (κ1) is 10.1. The Bertz CT molecular complexity index is 286. The van der Waals surface area contributed by atoms with E-state index in [1.165, 1.54) is 0 Å². The second-order valence-corrected chi connectivity index (χ2v) is 6.37. The molecule has 0 aromatic carbocycles. The van der Waals surface area contributed by atoms with Crippen molar-refractivity contribution in [2.45, 2.75) is 45.6 Å². The van der Waals surface area contributed by atoms with E-state index < -0.39 is 0 Å². The van der Waals surface area contributed by atoms with Gasteiger partial charge >= 0.3 is 0 Å². The first-order valence-electron chi connectivity index (χ1n) is 5.98. The van der Waals surface area contributed by atoms with Gasteiger partial charge in [0.25, 0.3) is 0 Å². The van der Waals surface area contributed by atoms with E-state index in [2.05, 4.69) is 33.0 Å². The second-order valence-electron chi connectivity index (χ2n) is 6.37. The molecule has 5 atom stereocenters. The maximum atomic E-state index is 6.04. The fraction of sp³-hybridized carbons (Fsp3) is 1.00. The molecule has 3 rings (SSSR count).